The summed E-state index contributed by atoms with van der Waals surface area (Å²) in [5, 5.41) is 0. The average Bonchev–Trinajstić information content (AvgIpc) is 3.04. The molecular weight excluding hydrogens is 374 g/mol. The Balaban J connectivity index is 1.39. The molecule has 2 saturated heterocycles. The van der Waals surface area contributed by atoms with E-state index in [9.17, 15) is 13.2 Å². The number of likely N-dealkylation sites (tertiary alicyclic amines) is 1. The Bertz CT molecular complexity index is 745. The zero-order chi connectivity index (χ0) is 20.1. The van der Waals surface area contributed by atoms with Crippen LogP contribution in [-0.4, -0.2) is 86.8 Å². The van der Waals surface area contributed by atoms with Gasteiger partial charge in [0.15, 0.2) is 9.84 Å². The molecule has 156 valence electrons. The summed E-state index contributed by atoms with van der Waals surface area (Å²) in [5.74, 6) is 1.05. The fourth-order valence-electron chi connectivity index (χ4n) is 4.24. The van der Waals surface area contributed by atoms with Crippen molar-refractivity contribution >= 4 is 15.7 Å². The number of nitrogens with zero attached hydrogens (tertiary/aromatic N) is 3. The SMILES string of the molecule is CN(CC1CCN(Cc2ccccc2)CC1)C(=O)CN(C)C1CCS(=O)(=O)C1. The molecule has 1 amide bonds. The molecule has 0 radical (unpaired) electrons. The first-order chi connectivity index (χ1) is 13.3. The molecule has 0 N–H and O–H groups in total. The van der Waals surface area contributed by atoms with E-state index < -0.39 is 9.84 Å². The van der Waals surface area contributed by atoms with E-state index in [4.69, 9.17) is 0 Å². The molecule has 0 bridgehead atoms. The van der Waals surface area contributed by atoms with Crippen LogP contribution in [0.1, 0.15) is 24.8 Å². The third-order valence-electron chi connectivity index (χ3n) is 6.13. The lowest BCUT2D eigenvalue weighted by atomic mass is 9.96. The van der Waals surface area contributed by atoms with E-state index in [1.54, 1.807) is 0 Å². The van der Waals surface area contributed by atoms with E-state index in [-0.39, 0.29) is 23.5 Å². The van der Waals surface area contributed by atoms with Gasteiger partial charge in [0, 0.05) is 26.2 Å². The first kappa shape index (κ1) is 21.3. The van der Waals surface area contributed by atoms with Crippen LogP contribution in [0.5, 0.6) is 0 Å². The summed E-state index contributed by atoms with van der Waals surface area (Å²) in [6, 6.07) is 10.5. The Morgan fingerprint density at radius 1 is 1.11 bits per heavy atom. The summed E-state index contributed by atoms with van der Waals surface area (Å²) < 4.78 is 23.3. The highest BCUT2D eigenvalue weighted by atomic mass is 32.2. The molecule has 2 heterocycles. The molecule has 0 saturated carbocycles. The first-order valence-corrected chi connectivity index (χ1v) is 12.1. The van der Waals surface area contributed by atoms with Gasteiger partial charge in [0.05, 0.1) is 18.1 Å². The smallest absolute Gasteiger partial charge is 0.236 e. The molecule has 0 aliphatic carbocycles. The topological polar surface area (TPSA) is 60.9 Å². The minimum atomic E-state index is -2.92. The minimum absolute atomic E-state index is 0.0245. The standard InChI is InChI=1S/C21H33N3O3S/c1-22(20-10-13-28(26,27)17-20)16-21(25)23(2)14-19-8-11-24(12-9-19)15-18-6-4-3-5-7-18/h3-7,19-20H,8-17H2,1-2H3. The summed E-state index contributed by atoms with van der Waals surface area (Å²) in [4.78, 5) is 18.8. The highest BCUT2D eigenvalue weighted by molar-refractivity contribution is 7.91. The quantitative estimate of drug-likeness (QED) is 0.685. The number of rotatable bonds is 7. The lowest BCUT2D eigenvalue weighted by Gasteiger charge is -2.34. The molecule has 0 spiro atoms. The summed E-state index contributed by atoms with van der Waals surface area (Å²) >= 11 is 0. The van der Waals surface area contributed by atoms with Crippen molar-refractivity contribution in [2.75, 3.05) is 51.8 Å². The predicted octanol–water partition coefficient (Wildman–Crippen LogP) is 1.48. The molecule has 2 fully saturated rings. The lowest BCUT2D eigenvalue weighted by Crippen LogP contribution is -2.44. The Morgan fingerprint density at radius 2 is 1.79 bits per heavy atom. The van der Waals surface area contributed by atoms with Crippen molar-refractivity contribution in [2.45, 2.75) is 31.8 Å². The van der Waals surface area contributed by atoms with E-state index in [0.717, 1.165) is 39.0 Å². The molecule has 3 rings (SSSR count). The third kappa shape index (κ3) is 6.03. The maximum Gasteiger partial charge on any atom is 0.236 e. The number of hydrogen-bond acceptors (Lipinski definition) is 5. The zero-order valence-corrected chi connectivity index (χ0v) is 17.9. The van der Waals surface area contributed by atoms with Gasteiger partial charge in [0.25, 0.3) is 0 Å². The van der Waals surface area contributed by atoms with Crippen molar-refractivity contribution in [3.8, 4) is 0 Å². The molecule has 28 heavy (non-hydrogen) atoms. The normalized spacial score (nSPS) is 23.2. The molecule has 7 heteroatoms. The van der Waals surface area contributed by atoms with Gasteiger partial charge < -0.3 is 4.90 Å². The number of hydrogen-bond donors (Lipinski definition) is 0. The van der Waals surface area contributed by atoms with Crippen LogP contribution in [0, 0.1) is 5.92 Å². The maximum atomic E-state index is 12.6. The van der Waals surface area contributed by atoms with Gasteiger partial charge in [-0.25, -0.2) is 8.42 Å². The molecular formula is C21H33N3O3S. The van der Waals surface area contributed by atoms with E-state index >= 15 is 0 Å². The molecule has 1 aromatic rings. The Labute approximate surface area is 169 Å². The summed E-state index contributed by atoms with van der Waals surface area (Å²) in [7, 11) is 0.815. The third-order valence-corrected chi connectivity index (χ3v) is 7.88. The van der Waals surface area contributed by atoms with Crippen molar-refractivity contribution < 1.29 is 13.2 Å². The van der Waals surface area contributed by atoms with Crippen LogP contribution in [-0.2, 0) is 21.2 Å². The van der Waals surface area contributed by atoms with Crippen molar-refractivity contribution in [1.82, 2.24) is 14.7 Å². The van der Waals surface area contributed by atoms with Gasteiger partial charge in [0.1, 0.15) is 0 Å². The number of likely N-dealkylation sites (N-methyl/N-ethyl adjacent to an activating group) is 2. The van der Waals surface area contributed by atoms with Gasteiger partial charge in [0.2, 0.25) is 5.91 Å². The van der Waals surface area contributed by atoms with Crippen LogP contribution in [0.25, 0.3) is 0 Å². The molecule has 1 atom stereocenters. The van der Waals surface area contributed by atoms with Crippen LogP contribution in [0.4, 0.5) is 0 Å². The van der Waals surface area contributed by atoms with Gasteiger partial charge in [-0.05, 0) is 50.9 Å². The second-order valence-corrected chi connectivity index (χ2v) is 10.7. The van der Waals surface area contributed by atoms with E-state index in [1.807, 2.05) is 30.0 Å². The second kappa shape index (κ2) is 9.37. The van der Waals surface area contributed by atoms with Crippen molar-refractivity contribution in [1.29, 1.82) is 0 Å². The first-order valence-electron chi connectivity index (χ1n) is 10.2. The molecule has 2 aliphatic rings. The van der Waals surface area contributed by atoms with Crippen molar-refractivity contribution in [3.63, 3.8) is 0 Å². The van der Waals surface area contributed by atoms with E-state index in [2.05, 4.69) is 29.2 Å². The van der Waals surface area contributed by atoms with E-state index in [0.29, 0.717) is 18.9 Å². The van der Waals surface area contributed by atoms with Crippen LogP contribution in [0.15, 0.2) is 30.3 Å². The summed E-state index contributed by atoms with van der Waals surface area (Å²) in [6.07, 6.45) is 2.86. The van der Waals surface area contributed by atoms with Gasteiger partial charge in [-0.1, -0.05) is 30.3 Å². The Kier molecular flexibility index (Phi) is 7.12. The Morgan fingerprint density at radius 3 is 2.39 bits per heavy atom. The number of sulfone groups is 1. The van der Waals surface area contributed by atoms with Crippen LogP contribution >= 0.6 is 0 Å². The molecule has 1 aromatic carbocycles. The fraction of sp³-hybridized carbons (Fsp3) is 0.667. The highest BCUT2D eigenvalue weighted by Gasteiger charge is 2.32. The Hall–Kier alpha value is -1.44. The van der Waals surface area contributed by atoms with Crippen LogP contribution < -0.4 is 0 Å². The lowest BCUT2D eigenvalue weighted by molar-refractivity contribution is -0.132. The largest absolute Gasteiger partial charge is 0.344 e. The molecule has 1 unspecified atom stereocenters. The zero-order valence-electron chi connectivity index (χ0n) is 17.1. The number of carbonyl (C=O) groups is 1. The highest BCUT2D eigenvalue weighted by Crippen LogP contribution is 2.20. The predicted molar refractivity (Wildman–Crippen MR) is 112 cm³/mol. The number of amides is 1. The number of piperidine rings is 1. The maximum absolute atomic E-state index is 12.6. The van der Waals surface area contributed by atoms with Gasteiger partial charge in [-0.2, -0.15) is 0 Å². The van der Waals surface area contributed by atoms with Crippen molar-refractivity contribution in [2.24, 2.45) is 5.92 Å². The number of benzene rings is 1. The molecule has 0 aromatic heterocycles. The van der Waals surface area contributed by atoms with Gasteiger partial charge in [-0.3, -0.25) is 14.6 Å². The minimum Gasteiger partial charge on any atom is -0.344 e. The summed E-state index contributed by atoms with van der Waals surface area (Å²) in [5.41, 5.74) is 1.35. The van der Waals surface area contributed by atoms with Crippen LogP contribution in [0.2, 0.25) is 0 Å². The van der Waals surface area contributed by atoms with E-state index in [1.165, 1.54) is 5.56 Å². The van der Waals surface area contributed by atoms with Crippen LogP contribution in [0.3, 0.4) is 0 Å². The molecule has 6 nitrogen and oxygen atoms in total. The van der Waals surface area contributed by atoms with Crippen molar-refractivity contribution in [3.05, 3.63) is 35.9 Å². The number of carbonyl (C=O) groups excluding carboxylic acids is 1. The van der Waals surface area contributed by atoms with Gasteiger partial charge >= 0.3 is 0 Å². The molecule has 2 aliphatic heterocycles. The average molecular weight is 408 g/mol. The second-order valence-electron chi connectivity index (χ2n) is 8.45. The monoisotopic (exact) mass is 407 g/mol. The summed E-state index contributed by atoms with van der Waals surface area (Å²) in [6.45, 7) is 4.22. The van der Waals surface area contributed by atoms with Gasteiger partial charge in [-0.15, -0.1) is 0 Å². The fourth-order valence-corrected chi connectivity index (χ4v) is 6.05.